The SMILES string of the molecule is CCn1ccnc1CC(O)c1cc2cc(F)ccc2s1. The minimum absolute atomic E-state index is 0.252. The van der Waals surface area contributed by atoms with Crippen molar-refractivity contribution in [1.29, 1.82) is 0 Å². The molecule has 5 heteroatoms. The Labute approximate surface area is 120 Å². The number of imidazole rings is 1. The number of hydrogen-bond acceptors (Lipinski definition) is 3. The van der Waals surface area contributed by atoms with Crippen molar-refractivity contribution in [2.75, 3.05) is 0 Å². The van der Waals surface area contributed by atoms with Crippen LogP contribution in [0.25, 0.3) is 10.1 Å². The van der Waals surface area contributed by atoms with Crippen molar-refractivity contribution in [3.05, 3.63) is 53.2 Å². The predicted octanol–water partition coefficient (Wildman–Crippen LogP) is 3.53. The minimum Gasteiger partial charge on any atom is -0.387 e. The molecule has 0 radical (unpaired) electrons. The van der Waals surface area contributed by atoms with E-state index < -0.39 is 6.10 Å². The van der Waals surface area contributed by atoms with Gasteiger partial charge in [0.1, 0.15) is 11.6 Å². The van der Waals surface area contributed by atoms with E-state index in [2.05, 4.69) is 4.98 Å². The molecule has 0 aliphatic heterocycles. The number of nitrogens with zero attached hydrogens (tertiary/aromatic N) is 2. The van der Waals surface area contributed by atoms with Gasteiger partial charge in [-0.25, -0.2) is 9.37 Å². The summed E-state index contributed by atoms with van der Waals surface area (Å²) in [6.45, 7) is 2.87. The molecule has 3 rings (SSSR count). The molecule has 3 aromatic rings. The van der Waals surface area contributed by atoms with E-state index >= 15 is 0 Å². The Morgan fingerprint density at radius 1 is 1.40 bits per heavy atom. The van der Waals surface area contributed by atoms with E-state index in [1.165, 1.54) is 23.5 Å². The van der Waals surface area contributed by atoms with Gasteiger partial charge in [-0.05, 0) is 36.6 Å². The van der Waals surface area contributed by atoms with Crippen molar-refractivity contribution in [3.63, 3.8) is 0 Å². The molecule has 0 spiro atoms. The number of rotatable bonds is 4. The van der Waals surface area contributed by atoms with E-state index in [1.807, 2.05) is 23.8 Å². The standard InChI is InChI=1S/C15H15FN2OS/c1-2-18-6-5-17-15(18)9-12(19)14-8-10-7-11(16)3-4-13(10)20-14/h3-8,12,19H,2,9H2,1H3. The lowest BCUT2D eigenvalue weighted by Gasteiger charge is -2.09. The lowest BCUT2D eigenvalue weighted by Crippen LogP contribution is -2.07. The zero-order valence-corrected chi connectivity index (χ0v) is 11.9. The molecule has 2 aromatic heterocycles. The Morgan fingerprint density at radius 3 is 3.05 bits per heavy atom. The molecule has 0 fully saturated rings. The summed E-state index contributed by atoms with van der Waals surface area (Å²) in [5.74, 6) is 0.613. The summed E-state index contributed by atoms with van der Waals surface area (Å²) >= 11 is 1.50. The average Bonchev–Trinajstić information content (AvgIpc) is 3.04. The highest BCUT2D eigenvalue weighted by atomic mass is 32.1. The minimum atomic E-state index is -0.608. The fourth-order valence-corrected chi connectivity index (χ4v) is 3.32. The molecule has 0 saturated carbocycles. The zero-order chi connectivity index (χ0) is 14.1. The quantitative estimate of drug-likeness (QED) is 0.798. The molecule has 20 heavy (non-hydrogen) atoms. The number of thiophene rings is 1. The fourth-order valence-electron chi connectivity index (χ4n) is 2.29. The molecule has 0 aliphatic carbocycles. The first-order chi connectivity index (χ1) is 9.67. The van der Waals surface area contributed by atoms with E-state index in [0.29, 0.717) is 6.42 Å². The van der Waals surface area contributed by atoms with Gasteiger partial charge in [0.25, 0.3) is 0 Å². The van der Waals surface area contributed by atoms with Gasteiger partial charge in [0.2, 0.25) is 0 Å². The molecule has 104 valence electrons. The molecule has 3 nitrogen and oxygen atoms in total. The molecule has 1 unspecified atom stereocenters. The van der Waals surface area contributed by atoms with Crippen molar-refractivity contribution < 1.29 is 9.50 Å². The van der Waals surface area contributed by atoms with Crippen LogP contribution < -0.4 is 0 Å². The smallest absolute Gasteiger partial charge is 0.123 e. The molecule has 2 heterocycles. The highest BCUT2D eigenvalue weighted by Crippen LogP contribution is 2.31. The molecule has 0 saturated heterocycles. The van der Waals surface area contributed by atoms with E-state index in [4.69, 9.17) is 0 Å². The molecule has 1 atom stereocenters. The van der Waals surface area contributed by atoms with Crippen LogP contribution in [0.1, 0.15) is 23.7 Å². The summed E-state index contributed by atoms with van der Waals surface area (Å²) in [6.07, 6.45) is 3.51. The second kappa shape index (κ2) is 5.34. The summed E-state index contributed by atoms with van der Waals surface area (Å²) in [5, 5.41) is 11.2. The van der Waals surface area contributed by atoms with Crippen LogP contribution in [0, 0.1) is 5.82 Å². The van der Waals surface area contributed by atoms with Gasteiger partial charge in [-0.1, -0.05) is 0 Å². The van der Waals surface area contributed by atoms with Crippen molar-refractivity contribution in [3.8, 4) is 0 Å². The summed E-state index contributed by atoms with van der Waals surface area (Å²) in [7, 11) is 0. The second-order valence-corrected chi connectivity index (χ2v) is 5.80. The van der Waals surface area contributed by atoms with E-state index in [1.54, 1.807) is 12.3 Å². The van der Waals surface area contributed by atoms with Crippen molar-refractivity contribution >= 4 is 21.4 Å². The maximum absolute atomic E-state index is 13.2. The molecule has 0 aliphatic rings. The van der Waals surface area contributed by atoms with Crippen LogP contribution in [-0.4, -0.2) is 14.7 Å². The Bertz CT molecular complexity index is 734. The number of benzene rings is 1. The first kappa shape index (κ1) is 13.3. The van der Waals surface area contributed by atoms with E-state index in [-0.39, 0.29) is 5.82 Å². The molecule has 1 N–H and O–H groups in total. The van der Waals surface area contributed by atoms with Crippen LogP contribution in [0.5, 0.6) is 0 Å². The number of aryl methyl sites for hydroxylation is 1. The summed E-state index contributed by atoms with van der Waals surface area (Å²) in [6, 6.07) is 6.54. The van der Waals surface area contributed by atoms with Crippen LogP contribution in [0.15, 0.2) is 36.7 Å². The van der Waals surface area contributed by atoms with Crippen LogP contribution in [0.3, 0.4) is 0 Å². The highest BCUT2D eigenvalue weighted by molar-refractivity contribution is 7.19. The Hall–Kier alpha value is -1.72. The van der Waals surface area contributed by atoms with E-state index in [9.17, 15) is 9.50 Å². The van der Waals surface area contributed by atoms with Gasteiger partial charge in [-0.15, -0.1) is 11.3 Å². The van der Waals surface area contributed by atoms with Gasteiger partial charge < -0.3 is 9.67 Å². The lowest BCUT2D eigenvalue weighted by molar-refractivity contribution is 0.178. The Balaban J connectivity index is 1.86. The first-order valence-corrected chi connectivity index (χ1v) is 7.36. The van der Waals surface area contributed by atoms with Gasteiger partial charge in [0.05, 0.1) is 6.10 Å². The van der Waals surface area contributed by atoms with Gasteiger partial charge in [0.15, 0.2) is 0 Å². The van der Waals surface area contributed by atoms with Gasteiger partial charge in [-0.2, -0.15) is 0 Å². The molecule has 0 amide bonds. The maximum atomic E-state index is 13.2. The summed E-state index contributed by atoms with van der Waals surface area (Å²) < 4.78 is 16.2. The number of hydrogen-bond donors (Lipinski definition) is 1. The van der Waals surface area contributed by atoms with Crippen LogP contribution in [0.4, 0.5) is 4.39 Å². The highest BCUT2D eigenvalue weighted by Gasteiger charge is 2.15. The predicted molar refractivity (Wildman–Crippen MR) is 78.3 cm³/mol. The largest absolute Gasteiger partial charge is 0.387 e. The number of aliphatic hydroxyl groups is 1. The van der Waals surface area contributed by atoms with Gasteiger partial charge in [0, 0.05) is 34.9 Å². The Morgan fingerprint density at radius 2 is 2.25 bits per heavy atom. The molecule has 0 bridgehead atoms. The topological polar surface area (TPSA) is 38.0 Å². The van der Waals surface area contributed by atoms with Gasteiger partial charge >= 0.3 is 0 Å². The van der Waals surface area contributed by atoms with Crippen LogP contribution in [0.2, 0.25) is 0 Å². The second-order valence-electron chi connectivity index (χ2n) is 4.68. The molecular formula is C15H15FN2OS. The lowest BCUT2D eigenvalue weighted by atomic mass is 10.2. The Kier molecular flexibility index (Phi) is 3.54. The average molecular weight is 290 g/mol. The van der Waals surface area contributed by atoms with Crippen molar-refractivity contribution in [2.24, 2.45) is 0 Å². The van der Waals surface area contributed by atoms with E-state index in [0.717, 1.165) is 27.3 Å². The van der Waals surface area contributed by atoms with Crippen molar-refractivity contribution in [2.45, 2.75) is 26.0 Å². The molecular weight excluding hydrogens is 275 g/mol. The normalized spacial score (nSPS) is 12.9. The van der Waals surface area contributed by atoms with Crippen LogP contribution >= 0.6 is 11.3 Å². The summed E-state index contributed by atoms with van der Waals surface area (Å²) in [5.41, 5.74) is 0. The third-order valence-corrected chi connectivity index (χ3v) is 4.56. The number of halogens is 1. The first-order valence-electron chi connectivity index (χ1n) is 6.54. The monoisotopic (exact) mass is 290 g/mol. The third-order valence-electron chi connectivity index (χ3n) is 3.34. The van der Waals surface area contributed by atoms with Gasteiger partial charge in [-0.3, -0.25) is 0 Å². The zero-order valence-electron chi connectivity index (χ0n) is 11.1. The summed E-state index contributed by atoms with van der Waals surface area (Å²) in [4.78, 5) is 5.11. The number of aliphatic hydroxyl groups excluding tert-OH is 1. The maximum Gasteiger partial charge on any atom is 0.123 e. The van der Waals surface area contributed by atoms with Crippen LogP contribution in [-0.2, 0) is 13.0 Å². The van der Waals surface area contributed by atoms with Crippen molar-refractivity contribution in [1.82, 2.24) is 9.55 Å². The fraction of sp³-hybridized carbons (Fsp3) is 0.267. The third kappa shape index (κ3) is 2.46. The number of aromatic nitrogens is 2. The molecule has 1 aromatic carbocycles. The number of fused-ring (bicyclic) bond motifs is 1.